The minimum absolute atomic E-state index is 0.210. The molecule has 1 aliphatic rings. The van der Waals surface area contributed by atoms with Gasteiger partial charge in [0.2, 0.25) is 0 Å². The first-order valence-corrected chi connectivity index (χ1v) is 9.57. The predicted octanol–water partition coefficient (Wildman–Crippen LogP) is 3.59. The van der Waals surface area contributed by atoms with Crippen LogP contribution in [-0.2, 0) is 15.2 Å². The second-order valence-electron chi connectivity index (χ2n) is 7.69. The maximum Gasteiger partial charge on any atom is 0.264 e. The molecular weight excluding hydrogens is 354 g/mol. The number of aryl methyl sites for hydroxylation is 3. The van der Waals surface area contributed by atoms with Gasteiger partial charge < -0.3 is 14.7 Å². The summed E-state index contributed by atoms with van der Waals surface area (Å²) in [6.45, 7) is 8.12. The van der Waals surface area contributed by atoms with Crippen LogP contribution in [0.4, 0.5) is 5.69 Å². The number of hydrogen-bond acceptors (Lipinski definition) is 4. The third-order valence-corrected chi connectivity index (χ3v) is 5.05. The van der Waals surface area contributed by atoms with E-state index in [0.717, 1.165) is 28.1 Å². The van der Waals surface area contributed by atoms with Crippen molar-refractivity contribution in [2.45, 2.75) is 46.1 Å². The quantitative estimate of drug-likeness (QED) is 0.744. The highest BCUT2D eigenvalue weighted by Crippen LogP contribution is 2.45. The van der Waals surface area contributed by atoms with Gasteiger partial charge in [-0.2, -0.15) is 0 Å². The van der Waals surface area contributed by atoms with Crippen LogP contribution in [0, 0.1) is 20.8 Å². The van der Waals surface area contributed by atoms with Crippen LogP contribution in [0.25, 0.3) is 0 Å². The van der Waals surface area contributed by atoms with Gasteiger partial charge in [-0.05, 0) is 57.4 Å². The largest absolute Gasteiger partial charge is 0.494 e. The molecule has 5 nitrogen and oxygen atoms in total. The van der Waals surface area contributed by atoms with E-state index in [1.54, 1.807) is 4.90 Å². The summed E-state index contributed by atoms with van der Waals surface area (Å²) in [4.78, 5) is 26.4. The van der Waals surface area contributed by atoms with Gasteiger partial charge in [-0.25, -0.2) is 0 Å². The van der Waals surface area contributed by atoms with Gasteiger partial charge in [-0.3, -0.25) is 9.59 Å². The molecular formula is C23H27NO4. The van der Waals surface area contributed by atoms with Crippen molar-refractivity contribution in [1.29, 1.82) is 0 Å². The summed E-state index contributed by atoms with van der Waals surface area (Å²) in [6, 6.07) is 11.6. The van der Waals surface area contributed by atoms with E-state index < -0.39 is 11.5 Å². The number of aliphatic hydroxyl groups is 1. The fourth-order valence-corrected chi connectivity index (χ4v) is 3.94. The molecule has 0 spiro atoms. The average molecular weight is 381 g/mol. The van der Waals surface area contributed by atoms with Crippen molar-refractivity contribution >= 4 is 17.4 Å². The number of amides is 1. The zero-order valence-corrected chi connectivity index (χ0v) is 16.9. The third kappa shape index (κ3) is 3.80. The molecule has 0 fully saturated rings. The molecule has 5 heteroatoms. The Labute approximate surface area is 165 Å². The van der Waals surface area contributed by atoms with Crippen molar-refractivity contribution < 1.29 is 19.4 Å². The monoisotopic (exact) mass is 381 g/mol. The molecule has 1 aliphatic heterocycles. The summed E-state index contributed by atoms with van der Waals surface area (Å²) in [5.74, 6) is 0.153. The highest BCUT2D eigenvalue weighted by Gasteiger charge is 2.50. The number of ether oxygens (including phenoxy) is 1. The summed E-state index contributed by atoms with van der Waals surface area (Å²) >= 11 is 0. The SMILES string of the molecule is CC(=O)CC1(O)C(=O)N(CCCOc2cccc(C)c2)c2c(C)cc(C)cc21. The Hall–Kier alpha value is -2.66. The number of benzene rings is 2. The van der Waals surface area contributed by atoms with E-state index in [9.17, 15) is 14.7 Å². The maximum atomic E-state index is 13.1. The number of rotatable bonds is 7. The first kappa shape index (κ1) is 20.1. The number of ketones is 1. The van der Waals surface area contributed by atoms with Crippen LogP contribution in [0.5, 0.6) is 5.75 Å². The van der Waals surface area contributed by atoms with E-state index in [2.05, 4.69) is 0 Å². The summed E-state index contributed by atoms with van der Waals surface area (Å²) in [5, 5.41) is 11.1. The van der Waals surface area contributed by atoms with Gasteiger partial charge in [0.1, 0.15) is 11.5 Å². The Morgan fingerprint density at radius 1 is 1.14 bits per heavy atom. The Morgan fingerprint density at radius 2 is 1.89 bits per heavy atom. The fourth-order valence-electron chi connectivity index (χ4n) is 3.94. The number of carbonyl (C=O) groups excluding carboxylic acids is 2. The number of nitrogens with zero attached hydrogens (tertiary/aromatic N) is 1. The Kier molecular flexibility index (Phi) is 5.57. The Bertz CT molecular complexity index is 921. The van der Waals surface area contributed by atoms with Crippen molar-refractivity contribution in [2.24, 2.45) is 0 Å². The van der Waals surface area contributed by atoms with Crippen LogP contribution in [0.3, 0.4) is 0 Å². The van der Waals surface area contributed by atoms with Gasteiger partial charge in [0.15, 0.2) is 5.60 Å². The van der Waals surface area contributed by atoms with Gasteiger partial charge in [0, 0.05) is 18.5 Å². The third-order valence-electron chi connectivity index (χ3n) is 5.05. The molecule has 1 heterocycles. The molecule has 1 amide bonds. The smallest absolute Gasteiger partial charge is 0.264 e. The molecule has 2 aromatic rings. The molecule has 1 N–H and O–H groups in total. The average Bonchev–Trinajstić information content (AvgIpc) is 2.80. The molecule has 28 heavy (non-hydrogen) atoms. The molecule has 0 bridgehead atoms. The molecule has 3 rings (SSSR count). The van der Waals surface area contributed by atoms with Crippen molar-refractivity contribution in [3.8, 4) is 5.75 Å². The molecule has 148 valence electrons. The summed E-state index contributed by atoms with van der Waals surface area (Å²) in [6.07, 6.45) is 0.403. The lowest BCUT2D eigenvalue weighted by Crippen LogP contribution is -2.42. The van der Waals surface area contributed by atoms with Crippen LogP contribution in [0.1, 0.15) is 42.0 Å². The summed E-state index contributed by atoms with van der Waals surface area (Å²) < 4.78 is 5.78. The van der Waals surface area contributed by atoms with Crippen LogP contribution in [0.15, 0.2) is 36.4 Å². The predicted molar refractivity (Wildman–Crippen MR) is 109 cm³/mol. The van der Waals surface area contributed by atoms with Crippen LogP contribution < -0.4 is 9.64 Å². The molecule has 2 aromatic carbocycles. The highest BCUT2D eigenvalue weighted by molar-refractivity contribution is 6.09. The highest BCUT2D eigenvalue weighted by atomic mass is 16.5. The zero-order valence-electron chi connectivity index (χ0n) is 16.9. The molecule has 0 saturated heterocycles. The zero-order chi connectivity index (χ0) is 20.5. The van der Waals surface area contributed by atoms with Gasteiger partial charge >= 0.3 is 0 Å². The topological polar surface area (TPSA) is 66.8 Å². The number of carbonyl (C=O) groups is 2. The molecule has 0 aliphatic carbocycles. The van der Waals surface area contributed by atoms with Crippen LogP contribution in [-0.4, -0.2) is 29.9 Å². The van der Waals surface area contributed by atoms with E-state index in [4.69, 9.17) is 4.74 Å². The number of hydrogen-bond donors (Lipinski definition) is 1. The van der Waals surface area contributed by atoms with E-state index in [0.29, 0.717) is 25.1 Å². The van der Waals surface area contributed by atoms with Crippen molar-refractivity contribution in [3.05, 3.63) is 58.7 Å². The van der Waals surface area contributed by atoms with Crippen molar-refractivity contribution in [2.75, 3.05) is 18.1 Å². The maximum absolute atomic E-state index is 13.1. The number of anilines is 1. The lowest BCUT2D eigenvalue weighted by molar-refractivity contribution is -0.141. The Morgan fingerprint density at radius 3 is 2.57 bits per heavy atom. The van der Waals surface area contributed by atoms with Crippen LogP contribution >= 0.6 is 0 Å². The molecule has 1 unspecified atom stereocenters. The van der Waals surface area contributed by atoms with E-state index in [1.165, 1.54) is 6.92 Å². The van der Waals surface area contributed by atoms with E-state index in [-0.39, 0.29) is 12.2 Å². The van der Waals surface area contributed by atoms with E-state index >= 15 is 0 Å². The normalized spacial score (nSPS) is 18.3. The minimum Gasteiger partial charge on any atom is -0.494 e. The van der Waals surface area contributed by atoms with Gasteiger partial charge in [-0.1, -0.05) is 29.8 Å². The number of fused-ring (bicyclic) bond motifs is 1. The van der Waals surface area contributed by atoms with E-state index in [1.807, 2.05) is 57.2 Å². The molecule has 0 saturated carbocycles. The van der Waals surface area contributed by atoms with Gasteiger partial charge in [0.05, 0.1) is 12.3 Å². The Balaban J connectivity index is 1.78. The van der Waals surface area contributed by atoms with Gasteiger partial charge in [0.25, 0.3) is 5.91 Å². The number of Topliss-reactive ketones (excluding diaryl/α,β-unsaturated/α-hetero) is 1. The second-order valence-corrected chi connectivity index (χ2v) is 7.69. The minimum atomic E-state index is -1.78. The second kappa shape index (κ2) is 7.76. The van der Waals surface area contributed by atoms with Crippen LogP contribution in [0.2, 0.25) is 0 Å². The van der Waals surface area contributed by atoms with Gasteiger partial charge in [-0.15, -0.1) is 0 Å². The molecule has 0 aromatic heterocycles. The summed E-state index contributed by atoms with van der Waals surface area (Å²) in [7, 11) is 0. The summed E-state index contributed by atoms with van der Waals surface area (Å²) in [5.41, 5.74) is 2.47. The van der Waals surface area contributed by atoms with Crippen molar-refractivity contribution in [3.63, 3.8) is 0 Å². The first-order valence-electron chi connectivity index (χ1n) is 9.57. The molecule has 1 atom stereocenters. The lowest BCUT2D eigenvalue weighted by Gasteiger charge is -2.22. The molecule has 0 radical (unpaired) electrons. The lowest BCUT2D eigenvalue weighted by atomic mass is 9.88. The standard InChI is InChI=1S/C23H27NO4/c1-15-7-5-8-19(12-15)28-10-6-9-24-21-17(3)11-16(2)13-20(21)23(27,22(24)26)14-18(4)25/h5,7-8,11-13,27H,6,9-10,14H2,1-4H3. The first-order chi connectivity index (χ1) is 13.2. The fraction of sp³-hybridized carbons (Fsp3) is 0.391. The van der Waals surface area contributed by atoms with Crippen molar-refractivity contribution in [1.82, 2.24) is 0 Å².